The zero-order chi connectivity index (χ0) is 8.69. The molecule has 0 atom stereocenters. The fourth-order valence-electron chi connectivity index (χ4n) is 0.591. The smallest absolute Gasteiger partial charge is 0.0594 e. The molecule has 0 radical (unpaired) electrons. The van der Waals surface area contributed by atoms with Crippen LogP contribution in [0.5, 0.6) is 0 Å². The second-order valence-electron chi connectivity index (χ2n) is 2.61. The highest BCUT2D eigenvalue weighted by molar-refractivity contribution is 6.29. The summed E-state index contributed by atoms with van der Waals surface area (Å²) < 4.78 is 5.29. The van der Waals surface area contributed by atoms with Gasteiger partial charge in [-0.25, -0.2) is 0 Å². The summed E-state index contributed by atoms with van der Waals surface area (Å²) in [5.74, 6) is 0. The molecule has 0 aromatic carbocycles. The Bertz CT molecular complexity index is 115. The minimum Gasteiger partial charge on any atom is -0.377 e. The Morgan fingerprint density at radius 3 is 2.73 bits per heavy atom. The molecule has 0 spiro atoms. The van der Waals surface area contributed by atoms with Gasteiger partial charge < -0.3 is 10.1 Å². The van der Waals surface area contributed by atoms with Crippen LogP contribution in [0, 0.1) is 0 Å². The predicted octanol–water partition coefficient (Wildman–Crippen LogP) is 1.75. The van der Waals surface area contributed by atoms with E-state index in [1.165, 1.54) is 0 Å². The van der Waals surface area contributed by atoms with E-state index in [0.29, 0.717) is 17.7 Å². The van der Waals surface area contributed by atoms with Gasteiger partial charge in [0.05, 0.1) is 12.7 Å². The molecule has 0 rings (SSSR count). The monoisotopic (exact) mass is 177 g/mol. The van der Waals surface area contributed by atoms with Crippen LogP contribution in [0.4, 0.5) is 0 Å². The Kier molecular flexibility index (Phi) is 6.62. The summed E-state index contributed by atoms with van der Waals surface area (Å²) in [5, 5.41) is 3.72. The number of hydrogen-bond donors (Lipinski definition) is 1. The van der Waals surface area contributed by atoms with Crippen LogP contribution in [0.1, 0.15) is 13.8 Å². The van der Waals surface area contributed by atoms with Crippen LogP contribution in [0.25, 0.3) is 0 Å². The largest absolute Gasteiger partial charge is 0.377 e. The van der Waals surface area contributed by atoms with Gasteiger partial charge in [-0.2, -0.15) is 0 Å². The van der Waals surface area contributed by atoms with Gasteiger partial charge >= 0.3 is 0 Å². The van der Waals surface area contributed by atoms with Crippen LogP contribution in [0.3, 0.4) is 0 Å². The molecule has 0 fully saturated rings. The van der Waals surface area contributed by atoms with Gasteiger partial charge in [0.2, 0.25) is 0 Å². The van der Waals surface area contributed by atoms with E-state index in [9.17, 15) is 0 Å². The number of hydrogen-bond acceptors (Lipinski definition) is 2. The average molecular weight is 178 g/mol. The maximum Gasteiger partial charge on any atom is 0.0594 e. The van der Waals surface area contributed by atoms with E-state index < -0.39 is 0 Å². The van der Waals surface area contributed by atoms with Gasteiger partial charge in [0.25, 0.3) is 0 Å². The van der Waals surface area contributed by atoms with Crippen molar-refractivity contribution in [2.75, 3.05) is 19.7 Å². The van der Waals surface area contributed by atoms with Gasteiger partial charge in [0, 0.05) is 18.1 Å². The van der Waals surface area contributed by atoms with Gasteiger partial charge in [-0.1, -0.05) is 18.2 Å². The second-order valence-corrected chi connectivity index (χ2v) is 3.15. The minimum atomic E-state index is 0.302. The summed E-state index contributed by atoms with van der Waals surface area (Å²) >= 11 is 5.52. The molecule has 11 heavy (non-hydrogen) atoms. The van der Waals surface area contributed by atoms with Crippen LogP contribution >= 0.6 is 11.6 Å². The van der Waals surface area contributed by atoms with Crippen molar-refractivity contribution in [1.82, 2.24) is 5.32 Å². The molecular weight excluding hydrogens is 162 g/mol. The maximum atomic E-state index is 5.52. The number of halogens is 1. The average Bonchev–Trinajstić information content (AvgIpc) is 1.85. The fourth-order valence-corrected chi connectivity index (χ4v) is 0.685. The molecule has 0 unspecified atom stereocenters. The van der Waals surface area contributed by atoms with Gasteiger partial charge in [-0.3, -0.25) is 0 Å². The Hall–Kier alpha value is -0.0500. The quantitative estimate of drug-likeness (QED) is 0.625. The molecule has 0 aliphatic carbocycles. The molecule has 0 aromatic heterocycles. The zero-order valence-corrected chi connectivity index (χ0v) is 7.95. The molecule has 0 aliphatic heterocycles. The molecule has 2 nitrogen and oxygen atoms in total. The third-order valence-corrected chi connectivity index (χ3v) is 1.18. The van der Waals surface area contributed by atoms with E-state index in [1.807, 2.05) is 13.8 Å². The lowest BCUT2D eigenvalue weighted by Gasteiger charge is -2.07. The molecule has 66 valence electrons. The van der Waals surface area contributed by atoms with Crippen LogP contribution in [0.2, 0.25) is 0 Å². The van der Waals surface area contributed by atoms with E-state index in [0.717, 1.165) is 13.2 Å². The second kappa shape index (κ2) is 6.65. The van der Waals surface area contributed by atoms with Crippen molar-refractivity contribution < 1.29 is 4.74 Å². The van der Waals surface area contributed by atoms with Crippen molar-refractivity contribution in [3.8, 4) is 0 Å². The summed E-state index contributed by atoms with van der Waals surface area (Å²) in [5.41, 5.74) is 0. The summed E-state index contributed by atoms with van der Waals surface area (Å²) in [4.78, 5) is 0. The van der Waals surface area contributed by atoms with Gasteiger partial charge in [-0.15, -0.1) is 0 Å². The first kappa shape index (κ1) is 11.0. The Balaban J connectivity index is 2.97. The van der Waals surface area contributed by atoms with Crippen molar-refractivity contribution in [2.45, 2.75) is 20.0 Å². The first-order valence-corrected chi connectivity index (χ1v) is 4.16. The molecule has 0 aliphatic rings. The van der Waals surface area contributed by atoms with Crippen LogP contribution in [-0.4, -0.2) is 25.8 Å². The van der Waals surface area contributed by atoms with Crippen molar-refractivity contribution in [2.24, 2.45) is 0 Å². The third kappa shape index (κ3) is 9.95. The van der Waals surface area contributed by atoms with Crippen molar-refractivity contribution in [3.63, 3.8) is 0 Å². The molecule has 0 heterocycles. The first-order valence-electron chi connectivity index (χ1n) is 3.78. The van der Waals surface area contributed by atoms with Crippen LogP contribution < -0.4 is 5.32 Å². The normalized spacial score (nSPS) is 10.5. The standard InChI is InChI=1S/C8H16ClNO/c1-7(2)11-5-4-10-6-8(3)9/h7,10H,3-6H2,1-2H3. The van der Waals surface area contributed by atoms with Gasteiger partial charge in [-0.05, 0) is 13.8 Å². The van der Waals surface area contributed by atoms with Gasteiger partial charge in [0.15, 0.2) is 0 Å². The molecule has 0 saturated heterocycles. The molecule has 0 amide bonds. The highest BCUT2D eigenvalue weighted by Gasteiger charge is 1.92. The lowest BCUT2D eigenvalue weighted by Crippen LogP contribution is -2.22. The highest BCUT2D eigenvalue weighted by atomic mass is 35.5. The summed E-state index contributed by atoms with van der Waals surface area (Å²) in [6, 6.07) is 0. The van der Waals surface area contributed by atoms with Crippen molar-refractivity contribution in [1.29, 1.82) is 0 Å². The Morgan fingerprint density at radius 1 is 1.64 bits per heavy atom. The maximum absolute atomic E-state index is 5.52. The molecular formula is C8H16ClNO. The van der Waals surface area contributed by atoms with Crippen LogP contribution in [-0.2, 0) is 4.74 Å². The molecule has 3 heteroatoms. The zero-order valence-electron chi connectivity index (χ0n) is 7.19. The molecule has 0 bridgehead atoms. The van der Waals surface area contributed by atoms with E-state index in [1.54, 1.807) is 0 Å². The summed E-state index contributed by atoms with van der Waals surface area (Å²) in [7, 11) is 0. The summed E-state index contributed by atoms with van der Waals surface area (Å²) in [6.07, 6.45) is 0.302. The van der Waals surface area contributed by atoms with Crippen molar-refractivity contribution in [3.05, 3.63) is 11.6 Å². The first-order chi connectivity index (χ1) is 5.13. The lowest BCUT2D eigenvalue weighted by molar-refractivity contribution is 0.0813. The van der Waals surface area contributed by atoms with E-state index >= 15 is 0 Å². The van der Waals surface area contributed by atoms with Crippen molar-refractivity contribution >= 4 is 11.6 Å². The number of rotatable bonds is 6. The molecule has 0 aromatic rings. The number of ether oxygens (including phenoxy) is 1. The lowest BCUT2D eigenvalue weighted by atomic mass is 10.5. The minimum absolute atomic E-state index is 0.302. The van der Waals surface area contributed by atoms with Gasteiger partial charge in [0.1, 0.15) is 0 Å². The topological polar surface area (TPSA) is 21.3 Å². The predicted molar refractivity (Wildman–Crippen MR) is 49.0 cm³/mol. The van der Waals surface area contributed by atoms with E-state index in [4.69, 9.17) is 16.3 Å². The highest BCUT2D eigenvalue weighted by Crippen LogP contribution is 1.91. The fraction of sp³-hybridized carbons (Fsp3) is 0.750. The molecule has 1 N–H and O–H groups in total. The third-order valence-electron chi connectivity index (χ3n) is 1.05. The Labute approximate surface area is 73.6 Å². The number of nitrogens with one attached hydrogen (secondary N) is 1. The summed E-state index contributed by atoms with van der Waals surface area (Å²) in [6.45, 7) is 9.78. The SMILES string of the molecule is C=C(Cl)CNCCOC(C)C. The van der Waals surface area contributed by atoms with E-state index in [2.05, 4.69) is 11.9 Å². The Morgan fingerprint density at radius 2 is 2.27 bits per heavy atom. The van der Waals surface area contributed by atoms with Crippen LogP contribution in [0.15, 0.2) is 11.6 Å². The van der Waals surface area contributed by atoms with E-state index in [-0.39, 0.29) is 0 Å². The molecule has 0 saturated carbocycles.